The van der Waals surface area contributed by atoms with Crippen LogP contribution in [0, 0.1) is 0 Å². The number of carbonyl (C=O) groups excluding carboxylic acids is 1. The minimum absolute atomic E-state index is 0.0419. The van der Waals surface area contributed by atoms with Crippen molar-refractivity contribution >= 4 is 17.7 Å². The van der Waals surface area contributed by atoms with Crippen LogP contribution in [0.5, 0.6) is 5.88 Å². The molecule has 0 aliphatic rings. The summed E-state index contributed by atoms with van der Waals surface area (Å²) >= 11 is 0. The second-order valence-corrected chi connectivity index (χ2v) is 3.10. The Bertz CT molecular complexity index is 473. The third-order valence-electron chi connectivity index (χ3n) is 1.86. The van der Waals surface area contributed by atoms with Crippen LogP contribution in [0.25, 0.3) is 0 Å². The van der Waals surface area contributed by atoms with Gasteiger partial charge in [0.15, 0.2) is 0 Å². The normalized spacial score (nSPS) is 9.39. The molecule has 96 valence electrons. The maximum Gasteiger partial charge on any atom is 0.412 e. The SMILES string of the molecule is C=CCOC(=O)Nc1cc(C(=O)O)cnc1OC. The predicted octanol–water partition coefficient (Wildman–Crippen LogP) is 1.52. The first-order chi connectivity index (χ1) is 8.58. The summed E-state index contributed by atoms with van der Waals surface area (Å²) in [5.41, 5.74) is 0.0429. The van der Waals surface area contributed by atoms with E-state index in [1.807, 2.05) is 0 Å². The molecule has 0 bridgehead atoms. The highest BCUT2D eigenvalue weighted by atomic mass is 16.5. The zero-order valence-corrected chi connectivity index (χ0v) is 9.67. The molecule has 7 heteroatoms. The number of nitrogens with one attached hydrogen (secondary N) is 1. The van der Waals surface area contributed by atoms with Gasteiger partial charge in [0.2, 0.25) is 5.88 Å². The Morgan fingerprint density at radius 2 is 2.33 bits per heavy atom. The number of anilines is 1. The molecule has 1 amide bonds. The number of hydrogen-bond acceptors (Lipinski definition) is 5. The maximum absolute atomic E-state index is 11.3. The fourth-order valence-corrected chi connectivity index (χ4v) is 1.10. The molecule has 0 atom stereocenters. The van der Waals surface area contributed by atoms with Gasteiger partial charge in [0, 0.05) is 6.20 Å². The van der Waals surface area contributed by atoms with Crippen LogP contribution in [0.2, 0.25) is 0 Å². The average Bonchev–Trinajstić information content (AvgIpc) is 2.36. The smallest absolute Gasteiger partial charge is 0.412 e. The van der Waals surface area contributed by atoms with Gasteiger partial charge in [-0.3, -0.25) is 5.32 Å². The molecule has 18 heavy (non-hydrogen) atoms. The summed E-state index contributed by atoms with van der Waals surface area (Å²) in [7, 11) is 1.35. The number of rotatable bonds is 5. The van der Waals surface area contributed by atoms with Crippen molar-refractivity contribution in [3.8, 4) is 5.88 Å². The zero-order valence-electron chi connectivity index (χ0n) is 9.67. The Hall–Kier alpha value is -2.57. The van der Waals surface area contributed by atoms with Crippen LogP contribution in [0.1, 0.15) is 10.4 Å². The van der Waals surface area contributed by atoms with E-state index in [9.17, 15) is 9.59 Å². The summed E-state index contributed by atoms with van der Waals surface area (Å²) in [6.07, 6.45) is 1.78. The Morgan fingerprint density at radius 3 is 2.89 bits per heavy atom. The number of pyridine rings is 1. The van der Waals surface area contributed by atoms with Gasteiger partial charge in [0.1, 0.15) is 12.3 Å². The molecule has 1 aromatic rings. The van der Waals surface area contributed by atoms with Gasteiger partial charge < -0.3 is 14.6 Å². The summed E-state index contributed by atoms with van der Waals surface area (Å²) in [5.74, 6) is -1.07. The Morgan fingerprint density at radius 1 is 1.61 bits per heavy atom. The predicted molar refractivity (Wildman–Crippen MR) is 62.9 cm³/mol. The molecule has 0 spiro atoms. The molecule has 0 aromatic carbocycles. The number of amides is 1. The van der Waals surface area contributed by atoms with E-state index in [-0.39, 0.29) is 23.7 Å². The highest BCUT2D eigenvalue weighted by Crippen LogP contribution is 2.22. The molecule has 0 fully saturated rings. The van der Waals surface area contributed by atoms with Crippen LogP contribution in [0.3, 0.4) is 0 Å². The van der Waals surface area contributed by atoms with Crippen LogP contribution < -0.4 is 10.1 Å². The number of aromatic nitrogens is 1. The van der Waals surface area contributed by atoms with Gasteiger partial charge in [-0.1, -0.05) is 12.7 Å². The summed E-state index contributed by atoms with van der Waals surface area (Å²) in [6.45, 7) is 3.43. The van der Waals surface area contributed by atoms with E-state index in [0.717, 1.165) is 6.20 Å². The lowest BCUT2D eigenvalue weighted by molar-refractivity contribution is 0.0696. The highest BCUT2D eigenvalue weighted by molar-refractivity contribution is 5.92. The number of carboxylic acids is 1. The summed E-state index contributed by atoms with van der Waals surface area (Å²) in [6, 6.07) is 1.23. The van der Waals surface area contributed by atoms with Gasteiger partial charge >= 0.3 is 12.1 Å². The van der Waals surface area contributed by atoms with Gasteiger partial charge in [-0.25, -0.2) is 14.6 Å². The van der Waals surface area contributed by atoms with Crippen molar-refractivity contribution in [1.29, 1.82) is 0 Å². The number of ether oxygens (including phenoxy) is 2. The molecule has 1 rings (SSSR count). The molecule has 0 aliphatic heterocycles. The van der Waals surface area contributed by atoms with E-state index in [2.05, 4.69) is 16.9 Å². The van der Waals surface area contributed by atoms with E-state index in [1.54, 1.807) is 0 Å². The fourth-order valence-electron chi connectivity index (χ4n) is 1.10. The van der Waals surface area contributed by atoms with Crippen molar-refractivity contribution in [2.75, 3.05) is 19.0 Å². The average molecular weight is 252 g/mol. The number of carboxylic acid groups (broad SMARTS) is 1. The maximum atomic E-state index is 11.3. The standard InChI is InChI=1S/C11H12N2O5/c1-3-4-18-11(16)13-8-5-7(10(14)15)6-12-9(8)17-2/h3,5-6H,1,4H2,2H3,(H,13,16)(H,14,15). The topological polar surface area (TPSA) is 97.8 Å². The number of aromatic carboxylic acids is 1. The molecule has 1 aromatic heterocycles. The minimum Gasteiger partial charge on any atom is -0.480 e. The summed E-state index contributed by atoms with van der Waals surface area (Å²) in [4.78, 5) is 25.8. The Balaban J connectivity index is 2.90. The van der Waals surface area contributed by atoms with E-state index in [4.69, 9.17) is 14.6 Å². The van der Waals surface area contributed by atoms with E-state index >= 15 is 0 Å². The van der Waals surface area contributed by atoms with Crippen molar-refractivity contribution in [3.05, 3.63) is 30.5 Å². The van der Waals surface area contributed by atoms with Gasteiger partial charge in [0.05, 0.1) is 12.7 Å². The largest absolute Gasteiger partial charge is 0.480 e. The molecular formula is C11H12N2O5. The summed E-state index contributed by atoms with van der Waals surface area (Å²) in [5, 5.41) is 11.1. The molecule has 0 saturated heterocycles. The lowest BCUT2D eigenvalue weighted by Gasteiger charge is -2.09. The zero-order chi connectivity index (χ0) is 13.5. The molecule has 2 N–H and O–H groups in total. The second-order valence-electron chi connectivity index (χ2n) is 3.10. The molecular weight excluding hydrogens is 240 g/mol. The molecule has 0 unspecified atom stereocenters. The van der Waals surface area contributed by atoms with E-state index < -0.39 is 12.1 Å². The van der Waals surface area contributed by atoms with Crippen molar-refractivity contribution in [3.63, 3.8) is 0 Å². The van der Waals surface area contributed by atoms with Crippen molar-refractivity contribution < 1.29 is 24.2 Å². The van der Waals surface area contributed by atoms with E-state index in [1.165, 1.54) is 19.3 Å². The number of methoxy groups -OCH3 is 1. The van der Waals surface area contributed by atoms with E-state index in [0.29, 0.717) is 0 Å². The lowest BCUT2D eigenvalue weighted by atomic mass is 10.2. The van der Waals surface area contributed by atoms with Gasteiger partial charge in [0.25, 0.3) is 0 Å². The summed E-state index contributed by atoms with van der Waals surface area (Å²) < 4.78 is 9.59. The lowest BCUT2D eigenvalue weighted by Crippen LogP contribution is -2.15. The number of hydrogen-bond donors (Lipinski definition) is 2. The van der Waals surface area contributed by atoms with Crippen LogP contribution in [-0.2, 0) is 4.74 Å². The molecule has 1 heterocycles. The molecule has 0 radical (unpaired) electrons. The first-order valence-corrected chi connectivity index (χ1v) is 4.90. The number of carbonyl (C=O) groups is 2. The monoisotopic (exact) mass is 252 g/mol. The van der Waals surface area contributed by atoms with Gasteiger partial charge in [-0.15, -0.1) is 0 Å². The van der Waals surface area contributed by atoms with Gasteiger partial charge in [-0.2, -0.15) is 0 Å². The van der Waals surface area contributed by atoms with Gasteiger partial charge in [-0.05, 0) is 6.07 Å². The molecule has 0 saturated carbocycles. The third-order valence-corrected chi connectivity index (χ3v) is 1.86. The van der Waals surface area contributed by atoms with Crippen molar-refractivity contribution in [2.24, 2.45) is 0 Å². The Kier molecular flexibility index (Phi) is 4.67. The van der Waals surface area contributed by atoms with Crippen LogP contribution in [0.4, 0.5) is 10.5 Å². The Labute approximate surface area is 103 Å². The first-order valence-electron chi connectivity index (χ1n) is 4.90. The quantitative estimate of drug-likeness (QED) is 0.771. The van der Waals surface area contributed by atoms with Crippen LogP contribution >= 0.6 is 0 Å². The highest BCUT2D eigenvalue weighted by Gasteiger charge is 2.13. The fraction of sp³-hybridized carbons (Fsp3) is 0.182. The third kappa shape index (κ3) is 3.48. The van der Waals surface area contributed by atoms with Crippen LogP contribution in [0.15, 0.2) is 24.9 Å². The molecule has 7 nitrogen and oxygen atoms in total. The second kappa shape index (κ2) is 6.24. The molecule has 0 aliphatic carbocycles. The minimum atomic E-state index is -1.16. The van der Waals surface area contributed by atoms with Crippen LogP contribution in [-0.4, -0.2) is 35.9 Å². The number of nitrogens with zero attached hydrogens (tertiary/aromatic N) is 1. The van der Waals surface area contributed by atoms with Crippen molar-refractivity contribution in [1.82, 2.24) is 4.98 Å². The van der Waals surface area contributed by atoms with Crippen molar-refractivity contribution in [2.45, 2.75) is 0 Å². The first kappa shape index (κ1) is 13.5.